The van der Waals surface area contributed by atoms with Crippen LogP contribution in [0.25, 0.3) is 0 Å². The lowest BCUT2D eigenvalue weighted by molar-refractivity contribution is -0.129. The predicted molar refractivity (Wildman–Crippen MR) is 81.2 cm³/mol. The molecule has 22 heavy (non-hydrogen) atoms. The number of aromatic nitrogens is 3. The lowest BCUT2D eigenvalue weighted by Crippen LogP contribution is -2.53. The van der Waals surface area contributed by atoms with Crippen molar-refractivity contribution < 1.29 is 9.53 Å². The summed E-state index contributed by atoms with van der Waals surface area (Å²) in [5, 5.41) is 11.1. The first-order valence-corrected chi connectivity index (χ1v) is 7.98. The van der Waals surface area contributed by atoms with Crippen LogP contribution in [0.15, 0.2) is 0 Å². The number of methoxy groups -OCH3 is 1. The number of aryl methyl sites for hydroxylation is 1. The van der Waals surface area contributed by atoms with Crippen LogP contribution in [0.1, 0.15) is 37.3 Å². The molecule has 0 spiro atoms. The second-order valence-electron chi connectivity index (χ2n) is 6.37. The van der Waals surface area contributed by atoms with Gasteiger partial charge < -0.3 is 14.6 Å². The van der Waals surface area contributed by atoms with E-state index in [-0.39, 0.29) is 17.6 Å². The summed E-state index contributed by atoms with van der Waals surface area (Å²) < 4.78 is 7.75. The number of rotatable bonds is 5. The third kappa shape index (κ3) is 2.63. The van der Waals surface area contributed by atoms with Gasteiger partial charge in [0.05, 0.1) is 18.7 Å². The van der Waals surface area contributed by atoms with Crippen molar-refractivity contribution in [3.8, 4) is 0 Å². The molecule has 1 fully saturated rings. The molecule has 0 bridgehead atoms. The molecule has 1 aliphatic heterocycles. The van der Waals surface area contributed by atoms with Gasteiger partial charge in [0.25, 0.3) is 0 Å². The van der Waals surface area contributed by atoms with E-state index in [0.717, 1.165) is 37.5 Å². The summed E-state index contributed by atoms with van der Waals surface area (Å²) in [5.74, 6) is 1.87. The molecule has 1 amide bonds. The maximum absolute atomic E-state index is 12.3. The minimum absolute atomic E-state index is 0.0221. The van der Waals surface area contributed by atoms with E-state index in [4.69, 9.17) is 4.74 Å². The largest absolute Gasteiger partial charge is 0.378 e. The van der Waals surface area contributed by atoms with Crippen LogP contribution in [-0.2, 0) is 22.6 Å². The molecular formula is C15H25N5O2. The molecule has 7 nitrogen and oxygen atoms in total. The van der Waals surface area contributed by atoms with Crippen LogP contribution in [0, 0.1) is 6.92 Å². The Bertz CT molecular complexity index is 547. The third-order valence-electron chi connectivity index (χ3n) is 5.25. The van der Waals surface area contributed by atoms with Crippen molar-refractivity contribution in [3.05, 3.63) is 11.6 Å². The first-order chi connectivity index (χ1) is 10.6. The summed E-state index contributed by atoms with van der Waals surface area (Å²) in [5.41, 5.74) is 0.0221. The Morgan fingerprint density at radius 1 is 1.45 bits per heavy atom. The SMILES string of the molecule is CNC(=O)C1Cn2c(C)nnc2CN1CCC1(OC)CCC1. The first kappa shape index (κ1) is 15.4. The van der Waals surface area contributed by atoms with Crippen LogP contribution >= 0.6 is 0 Å². The predicted octanol–water partition coefficient (Wildman–Crippen LogP) is 0.476. The van der Waals surface area contributed by atoms with Crippen molar-refractivity contribution in [2.45, 2.75) is 57.3 Å². The van der Waals surface area contributed by atoms with E-state index >= 15 is 0 Å². The molecule has 0 radical (unpaired) electrons. The highest BCUT2D eigenvalue weighted by molar-refractivity contribution is 5.81. The Morgan fingerprint density at radius 2 is 2.23 bits per heavy atom. The van der Waals surface area contributed by atoms with Crippen molar-refractivity contribution in [1.29, 1.82) is 0 Å². The van der Waals surface area contributed by atoms with Crippen LogP contribution in [0.3, 0.4) is 0 Å². The van der Waals surface area contributed by atoms with Crippen LogP contribution < -0.4 is 5.32 Å². The first-order valence-electron chi connectivity index (χ1n) is 7.98. The fourth-order valence-electron chi connectivity index (χ4n) is 3.48. The van der Waals surface area contributed by atoms with Gasteiger partial charge in [0.15, 0.2) is 0 Å². The Balaban J connectivity index is 1.74. The molecule has 2 aliphatic rings. The molecule has 122 valence electrons. The van der Waals surface area contributed by atoms with E-state index in [1.54, 1.807) is 14.2 Å². The highest BCUT2D eigenvalue weighted by atomic mass is 16.5. The Labute approximate surface area is 131 Å². The third-order valence-corrected chi connectivity index (χ3v) is 5.25. The molecule has 1 aromatic heterocycles. The topological polar surface area (TPSA) is 72.3 Å². The van der Waals surface area contributed by atoms with Gasteiger partial charge >= 0.3 is 0 Å². The van der Waals surface area contributed by atoms with Crippen molar-refractivity contribution in [3.63, 3.8) is 0 Å². The van der Waals surface area contributed by atoms with E-state index in [9.17, 15) is 4.79 Å². The highest BCUT2D eigenvalue weighted by Crippen LogP contribution is 2.38. The maximum atomic E-state index is 12.3. The van der Waals surface area contributed by atoms with Gasteiger partial charge in [0.1, 0.15) is 17.7 Å². The van der Waals surface area contributed by atoms with Gasteiger partial charge in [-0.2, -0.15) is 0 Å². The number of fused-ring (bicyclic) bond motifs is 1. The molecule has 1 N–H and O–H groups in total. The lowest BCUT2D eigenvalue weighted by atomic mass is 9.77. The normalized spacial score (nSPS) is 23.7. The molecule has 1 unspecified atom stereocenters. The van der Waals surface area contributed by atoms with Gasteiger partial charge in [-0.05, 0) is 32.6 Å². The molecule has 0 saturated heterocycles. The lowest BCUT2D eigenvalue weighted by Gasteiger charge is -2.43. The second-order valence-corrected chi connectivity index (χ2v) is 6.37. The minimum Gasteiger partial charge on any atom is -0.378 e. The van der Waals surface area contributed by atoms with Gasteiger partial charge in [-0.3, -0.25) is 9.69 Å². The van der Waals surface area contributed by atoms with E-state index in [0.29, 0.717) is 13.1 Å². The van der Waals surface area contributed by atoms with E-state index in [1.807, 2.05) is 11.5 Å². The number of ether oxygens (including phenoxy) is 1. The minimum atomic E-state index is -0.166. The zero-order chi connectivity index (χ0) is 15.7. The van der Waals surface area contributed by atoms with Gasteiger partial charge in [-0.1, -0.05) is 0 Å². The fraction of sp³-hybridized carbons (Fsp3) is 0.800. The van der Waals surface area contributed by atoms with Crippen LogP contribution in [0.5, 0.6) is 0 Å². The van der Waals surface area contributed by atoms with Crippen molar-refractivity contribution in [1.82, 2.24) is 25.0 Å². The van der Waals surface area contributed by atoms with E-state index < -0.39 is 0 Å². The van der Waals surface area contributed by atoms with Crippen molar-refractivity contribution in [2.75, 3.05) is 20.7 Å². The quantitative estimate of drug-likeness (QED) is 0.856. The van der Waals surface area contributed by atoms with Crippen molar-refractivity contribution in [2.24, 2.45) is 0 Å². The summed E-state index contributed by atoms with van der Waals surface area (Å²) in [6.07, 6.45) is 4.44. The van der Waals surface area contributed by atoms with Gasteiger partial charge in [0.2, 0.25) is 5.91 Å². The number of amides is 1. The smallest absolute Gasteiger partial charge is 0.238 e. The number of carbonyl (C=O) groups is 1. The van der Waals surface area contributed by atoms with Crippen LogP contribution in [0.4, 0.5) is 0 Å². The summed E-state index contributed by atoms with van der Waals surface area (Å²) >= 11 is 0. The zero-order valence-electron chi connectivity index (χ0n) is 13.6. The monoisotopic (exact) mass is 307 g/mol. The molecule has 0 aromatic carbocycles. The van der Waals surface area contributed by atoms with Crippen molar-refractivity contribution >= 4 is 5.91 Å². The molecular weight excluding hydrogens is 282 g/mol. The fourth-order valence-corrected chi connectivity index (χ4v) is 3.48. The summed E-state index contributed by atoms with van der Waals surface area (Å²) in [7, 11) is 3.49. The number of likely N-dealkylation sites (N-methyl/N-ethyl adjacent to an activating group) is 1. The maximum Gasteiger partial charge on any atom is 0.238 e. The molecule has 1 aliphatic carbocycles. The Morgan fingerprint density at radius 3 is 2.82 bits per heavy atom. The molecule has 1 aromatic rings. The number of hydrogen-bond acceptors (Lipinski definition) is 5. The van der Waals surface area contributed by atoms with E-state index in [1.165, 1.54) is 6.42 Å². The average molecular weight is 307 g/mol. The summed E-state index contributed by atoms with van der Waals surface area (Å²) in [6, 6.07) is -0.166. The molecule has 2 heterocycles. The zero-order valence-corrected chi connectivity index (χ0v) is 13.6. The highest BCUT2D eigenvalue weighted by Gasteiger charge is 2.39. The average Bonchev–Trinajstić information content (AvgIpc) is 2.85. The molecule has 3 rings (SSSR count). The number of hydrogen-bond donors (Lipinski definition) is 1. The van der Waals surface area contributed by atoms with E-state index in [2.05, 4.69) is 20.4 Å². The number of nitrogens with zero attached hydrogens (tertiary/aromatic N) is 4. The van der Waals surface area contributed by atoms with Crippen LogP contribution in [-0.4, -0.2) is 57.9 Å². The van der Waals surface area contributed by atoms with Gasteiger partial charge in [0, 0.05) is 20.7 Å². The number of nitrogens with one attached hydrogen (secondary N) is 1. The Kier molecular flexibility index (Phi) is 4.18. The second kappa shape index (κ2) is 5.96. The molecule has 7 heteroatoms. The standard InChI is InChI=1S/C15H25N5O2/c1-11-17-18-13-10-19(8-7-15(22-3)5-4-6-15)12(9-20(11)13)14(21)16-2/h12H,4-10H2,1-3H3,(H,16,21). The summed E-state index contributed by atoms with van der Waals surface area (Å²) in [6.45, 7) is 4.06. The van der Waals surface area contributed by atoms with Gasteiger partial charge in [-0.15, -0.1) is 10.2 Å². The van der Waals surface area contributed by atoms with Gasteiger partial charge in [-0.25, -0.2) is 0 Å². The summed E-state index contributed by atoms with van der Waals surface area (Å²) in [4.78, 5) is 14.5. The Hall–Kier alpha value is -1.47. The number of carbonyl (C=O) groups excluding carboxylic acids is 1. The van der Waals surface area contributed by atoms with Crippen LogP contribution in [0.2, 0.25) is 0 Å². The molecule has 1 atom stereocenters. The molecule has 1 saturated carbocycles.